The maximum atomic E-state index is 5.64. The predicted molar refractivity (Wildman–Crippen MR) is 88.5 cm³/mol. The van der Waals surface area contributed by atoms with Crippen LogP contribution in [0.2, 0.25) is 0 Å². The van der Waals surface area contributed by atoms with Crippen molar-refractivity contribution in [1.29, 1.82) is 0 Å². The van der Waals surface area contributed by atoms with E-state index in [1.807, 2.05) is 44.3 Å². The van der Waals surface area contributed by atoms with E-state index in [0.29, 0.717) is 5.89 Å². The van der Waals surface area contributed by atoms with Gasteiger partial charge in [0.1, 0.15) is 11.5 Å². The number of pyridine rings is 1. The molecule has 0 aromatic carbocycles. The Hall–Kier alpha value is -2.95. The molecule has 114 valence electrons. The van der Waals surface area contributed by atoms with Crippen LogP contribution in [0.5, 0.6) is 0 Å². The first-order valence-corrected chi connectivity index (χ1v) is 7.53. The molecule has 0 saturated heterocycles. The summed E-state index contributed by atoms with van der Waals surface area (Å²) in [5.74, 6) is 1.58. The van der Waals surface area contributed by atoms with Crippen molar-refractivity contribution in [2.45, 2.75) is 20.3 Å². The Balaban J connectivity index is 1.83. The molecule has 0 fully saturated rings. The van der Waals surface area contributed by atoms with Gasteiger partial charge in [-0.05, 0) is 30.7 Å². The van der Waals surface area contributed by atoms with Gasteiger partial charge < -0.3 is 4.42 Å². The van der Waals surface area contributed by atoms with Crippen molar-refractivity contribution in [3.8, 4) is 11.4 Å². The summed E-state index contributed by atoms with van der Waals surface area (Å²) in [6.07, 6.45) is 8.78. The molecule has 3 heterocycles. The van der Waals surface area contributed by atoms with E-state index < -0.39 is 0 Å². The van der Waals surface area contributed by atoms with Crippen molar-refractivity contribution in [2.75, 3.05) is 0 Å². The van der Waals surface area contributed by atoms with Crippen LogP contribution in [0.1, 0.15) is 28.6 Å². The third-order valence-electron chi connectivity index (χ3n) is 3.82. The Bertz CT molecular complexity index is 930. The van der Waals surface area contributed by atoms with E-state index in [9.17, 15) is 0 Å². The van der Waals surface area contributed by atoms with Gasteiger partial charge in [0, 0.05) is 24.6 Å². The second-order valence-corrected chi connectivity index (χ2v) is 5.57. The summed E-state index contributed by atoms with van der Waals surface area (Å²) >= 11 is 0. The molecule has 1 aliphatic carbocycles. The van der Waals surface area contributed by atoms with Crippen molar-refractivity contribution in [1.82, 2.24) is 20.2 Å². The van der Waals surface area contributed by atoms with Gasteiger partial charge in [0.05, 0.1) is 17.6 Å². The number of oxazole rings is 1. The zero-order valence-electron chi connectivity index (χ0n) is 13.0. The van der Waals surface area contributed by atoms with Gasteiger partial charge >= 0.3 is 0 Å². The highest BCUT2D eigenvalue weighted by molar-refractivity contribution is 5.92. The zero-order valence-corrected chi connectivity index (χ0v) is 13.0. The lowest BCUT2D eigenvalue weighted by molar-refractivity contribution is 0.485. The molecule has 5 nitrogen and oxygen atoms in total. The summed E-state index contributed by atoms with van der Waals surface area (Å²) in [4.78, 5) is 9.04. The van der Waals surface area contributed by atoms with Crippen LogP contribution in [0.25, 0.3) is 23.0 Å². The number of H-pyrrole nitrogens is 1. The molecule has 0 saturated carbocycles. The van der Waals surface area contributed by atoms with Crippen molar-refractivity contribution in [3.63, 3.8) is 0 Å². The molecule has 0 spiro atoms. The van der Waals surface area contributed by atoms with Gasteiger partial charge in [-0.2, -0.15) is 5.10 Å². The SMILES string of the molecule is Cc1cccc(-c2[nH]ncc2C2=Cc3nc(C)oc3CC=C2)n1. The molecule has 0 unspecified atom stereocenters. The smallest absolute Gasteiger partial charge is 0.191 e. The number of allylic oxidation sites excluding steroid dienone is 3. The van der Waals surface area contributed by atoms with Crippen LogP contribution in [0, 0.1) is 13.8 Å². The average molecular weight is 304 g/mol. The standard InChI is InChI=1S/C18H16N4O/c1-11-5-3-7-15(20-11)18-14(10-19-22-18)13-6-4-8-17-16(9-13)21-12(2)23-17/h3-7,9-10H,8H2,1-2H3,(H,19,22). The third kappa shape index (κ3) is 2.50. The van der Waals surface area contributed by atoms with Crippen LogP contribution < -0.4 is 0 Å². The fraction of sp³-hybridized carbons (Fsp3) is 0.167. The molecule has 0 bridgehead atoms. The third-order valence-corrected chi connectivity index (χ3v) is 3.82. The number of hydrogen-bond donors (Lipinski definition) is 1. The molecule has 0 atom stereocenters. The summed E-state index contributed by atoms with van der Waals surface area (Å²) < 4.78 is 5.64. The number of nitrogens with one attached hydrogen (secondary N) is 1. The molecule has 3 aromatic rings. The highest BCUT2D eigenvalue weighted by Gasteiger charge is 2.16. The summed E-state index contributed by atoms with van der Waals surface area (Å²) in [5.41, 5.74) is 5.70. The number of rotatable bonds is 2. The summed E-state index contributed by atoms with van der Waals surface area (Å²) in [6, 6.07) is 5.96. The number of nitrogens with zero attached hydrogens (tertiary/aromatic N) is 3. The topological polar surface area (TPSA) is 67.6 Å². The first-order chi connectivity index (χ1) is 11.2. The van der Waals surface area contributed by atoms with Crippen molar-refractivity contribution in [2.24, 2.45) is 0 Å². The van der Waals surface area contributed by atoms with Crippen LogP contribution in [0.3, 0.4) is 0 Å². The molecule has 0 amide bonds. The van der Waals surface area contributed by atoms with Crippen molar-refractivity contribution < 1.29 is 4.42 Å². The molecular weight excluding hydrogens is 288 g/mol. The molecule has 5 heteroatoms. The Kier molecular flexibility index (Phi) is 3.19. The second kappa shape index (κ2) is 5.35. The van der Waals surface area contributed by atoms with E-state index in [-0.39, 0.29) is 0 Å². The van der Waals surface area contributed by atoms with E-state index in [2.05, 4.69) is 32.3 Å². The second-order valence-electron chi connectivity index (χ2n) is 5.57. The van der Waals surface area contributed by atoms with Crippen LogP contribution in [0.4, 0.5) is 0 Å². The number of fused-ring (bicyclic) bond motifs is 1. The van der Waals surface area contributed by atoms with E-state index in [4.69, 9.17) is 4.42 Å². The lowest BCUT2D eigenvalue weighted by atomic mass is 10.0. The first kappa shape index (κ1) is 13.7. The number of aromatic amines is 1. The number of hydrogen-bond acceptors (Lipinski definition) is 4. The minimum absolute atomic E-state index is 0.689. The number of aryl methyl sites for hydroxylation is 2. The maximum absolute atomic E-state index is 5.64. The molecule has 3 aromatic heterocycles. The zero-order chi connectivity index (χ0) is 15.8. The quantitative estimate of drug-likeness (QED) is 0.783. The van der Waals surface area contributed by atoms with Gasteiger partial charge in [-0.3, -0.25) is 10.1 Å². The fourth-order valence-electron chi connectivity index (χ4n) is 2.78. The predicted octanol–water partition coefficient (Wildman–Crippen LogP) is 3.73. The lowest BCUT2D eigenvalue weighted by Gasteiger charge is -2.04. The van der Waals surface area contributed by atoms with E-state index in [1.54, 1.807) is 0 Å². The van der Waals surface area contributed by atoms with Gasteiger partial charge in [0.2, 0.25) is 0 Å². The van der Waals surface area contributed by atoms with E-state index in [1.165, 1.54) is 0 Å². The van der Waals surface area contributed by atoms with Crippen LogP contribution >= 0.6 is 0 Å². The average Bonchev–Trinajstić information content (AvgIpc) is 3.09. The normalized spacial score (nSPS) is 13.6. The van der Waals surface area contributed by atoms with E-state index in [0.717, 1.165) is 46.1 Å². The van der Waals surface area contributed by atoms with Gasteiger partial charge in [-0.15, -0.1) is 0 Å². The Morgan fingerprint density at radius 1 is 1.17 bits per heavy atom. The highest BCUT2D eigenvalue weighted by atomic mass is 16.4. The minimum Gasteiger partial charge on any atom is -0.445 e. The largest absolute Gasteiger partial charge is 0.445 e. The molecule has 4 rings (SSSR count). The summed E-state index contributed by atoms with van der Waals surface area (Å²) in [6.45, 7) is 3.85. The highest BCUT2D eigenvalue weighted by Crippen LogP contribution is 2.30. The summed E-state index contributed by atoms with van der Waals surface area (Å²) in [5, 5.41) is 7.28. The van der Waals surface area contributed by atoms with Crippen LogP contribution in [0.15, 0.2) is 41.0 Å². The molecule has 0 aliphatic heterocycles. The van der Waals surface area contributed by atoms with Crippen LogP contribution in [-0.2, 0) is 6.42 Å². The Morgan fingerprint density at radius 3 is 2.96 bits per heavy atom. The Morgan fingerprint density at radius 2 is 2.09 bits per heavy atom. The van der Waals surface area contributed by atoms with Gasteiger partial charge in [0.25, 0.3) is 0 Å². The molecule has 1 N–H and O–H groups in total. The first-order valence-electron chi connectivity index (χ1n) is 7.53. The fourth-order valence-corrected chi connectivity index (χ4v) is 2.78. The van der Waals surface area contributed by atoms with Crippen LogP contribution in [-0.4, -0.2) is 20.2 Å². The monoisotopic (exact) mass is 304 g/mol. The molecule has 1 aliphatic rings. The maximum Gasteiger partial charge on any atom is 0.191 e. The van der Waals surface area contributed by atoms with Gasteiger partial charge in [-0.1, -0.05) is 18.2 Å². The van der Waals surface area contributed by atoms with Gasteiger partial charge in [-0.25, -0.2) is 4.98 Å². The van der Waals surface area contributed by atoms with Crippen molar-refractivity contribution >= 4 is 11.6 Å². The summed E-state index contributed by atoms with van der Waals surface area (Å²) in [7, 11) is 0. The van der Waals surface area contributed by atoms with Crippen molar-refractivity contribution in [3.05, 3.63) is 65.2 Å². The van der Waals surface area contributed by atoms with E-state index >= 15 is 0 Å². The lowest BCUT2D eigenvalue weighted by Crippen LogP contribution is -1.90. The minimum atomic E-state index is 0.689. The molecule has 23 heavy (non-hydrogen) atoms. The van der Waals surface area contributed by atoms with Gasteiger partial charge in [0.15, 0.2) is 5.89 Å². The Labute approximate surface area is 133 Å². The number of aromatic nitrogens is 4. The molecular formula is C18H16N4O. The molecule has 0 radical (unpaired) electrons.